The van der Waals surface area contributed by atoms with Crippen LogP contribution in [0.15, 0.2) is 17.5 Å². The van der Waals surface area contributed by atoms with Crippen molar-refractivity contribution in [1.29, 1.82) is 0 Å². The van der Waals surface area contributed by atoms with Crippen LogP contribution in [0.25, 0.3) is 0 Å². The standard InChI is InChI=1S/C13H20N2O3S/c1-13(2,3)10(11(16)17)14-12(18)15(4)8-9-6-5-7-19-9/h5-7,10H,8H2,1-4H3,(H,14,18)(H,16,17). The van der Waals surface area contributed by atoms with Gasteiger partial charge in [-0.15, -0.1) is 11.3 Å². The Morgan fingerprint density at radius 1 is 1.47 bits per heavy atom. The van der Waals surface area contributed by atoms with Gasteiger partial charge < -0.3 is 15.3 Å². The molecule has 0 aromatic carbocycles. The molecule has 2 amide bonds. The summed E-state index contributed by atoms with van der Waals surface area (Å²) in [5.74, 6) is -1.02. The Labute approximate surface area is 117 Å². The molecule has 1 heterocycles. The average molecular weight is 284 g/mol. The number of thiophene rings is 1. The van der Waals surface area contributed by atoms with Gasteiger partial charge in [0.05, 0.1) is 6.54 Å². The van der Waals surface area contributed by atoms with Crippen molar-refractivity contribution in [2.75, 3.05) is 7.05 Å². The van der Waals surface area contributed by atoms with Crippen LogP contribution in [0.3, 0.4) is 0 Å². The van der Waals surface area contributed by atoms with E-state index in [1.54, 1.807) is 39.2 Å². The van der Waals surface area contributed by atoms with Crippen LogP contribution in [-0.4, -0.2) is 35.1 Å². The van der Waals surface area contributed by atoms with Crippen molar-refractivity contribution in [3.05, 3.63) is 22.4 Å². The number of carbonyl (C=O) groups is 2. The maximum absolute atomic E-state index is 12.0. The Morgan fingerprint density at radius 3 is 2.53 bits per heavy atom. The lowest BCUT2D eigenvalue weighted by Gasteiger charge is -2.29. The fourth-order valence-electron chi connectivity index (χ4n) is 1.59. The van der Waals surface area contributed by atoms with Gasteiger partial charge in [0.15, 0.2) is 0 Å². The molecule has 0 aliphatic heterocycles. The number of carbonyl (C=O) groups excluding carboxylic acids is 1. The molecule has 0 saturated heterocycles. The second-order valence-electron chi connectivity index (χ2n) is 5.52. The number of carboxylic acid groups (broad SMARTS) is 1. The molecule has 1 rings (SSSR count). The van der Waals surface area contributed by atoms with E-state index in [2.05, 4.69) is 5.32 Å². The molecule has 0 bridgehead atoms. The van der Waals surface area contributed by atoms with E-state index in [1.165, 1.54) is 4.90 Å². The van der Waals surface area contributed by atoms with Gasteiger partial charge in [0, 0.05) is 11.9 Å². The average Bonchev–Trinajstić information content (AvgIpc) is 2.75. The summed E-state index contributed by atoms with van der Waals surface area (Å²) >= 11 is 1.56. The van der Waals surface area contributed by atoms with Gasteiger partial charge in [-0.2, -0.15) is 0 Å². The highest BCUT2D eigenvalue weighted by Gasteiger charge is 2.33. The second kappa shape index (κ2) is 6.06. The van der Waals surface area contributed by atoms with Crippen LogP contribution in [-0.2, 0) is 11.3 Å². The van der Waals surface area contributed by atoms with Crippen molar-refractivity contribution in [1.82, 2.24) is 10.2 Å². The lowest BCUT2D eigenvalue weighted by Crippen LogP contribution is -2.52. The van der Waals surface area contributed by atoms with Gasteiger partial charge in [-0.1, -0.05) is 26.8 Å². The normalized spacial score (nSPS) is 12.8. The molecule has 0 aliphatic rings. The molecule has 5 nitrogen and oxygen atoms in total. The summed E-state index contributed by atoms with van der Waals surface area (Å²) in [4.78, 5) is 25.7. The minimum Gasteiger partial charge on any atom is -0.480 e. The van der Waals surface area contributed by atoms with Gasteiger partial charge in [0.2, 0.25) is 0 Å². The maximum Gasteiger partial charge on any atom is 0.326 e. The third-order valence-electron chi connectivity index (χ3n) is 2.70. The first-order valence-corrected chi connectivity index (χ1v) is 6.86. The van der Waals surface area contributed by atoms with Gasteiger partial charge in [-0.3, -0.25) is 0 Å². The summed E-state index contributed by atoms with van der Waals surface area (Å²) in [7, 11) is 1.65. The first kappa shape index (κ1) is 15.5. The number of urea groups is 1. The second-order valence-corrected chi connectivity index (χ2v) is 6.55. The minimum atomic E-state index is -1.02. The van der Waals surface area contributed by atoms with E-state index in [4.69, 9.17) is 5.11 Å². The van der Waals surface area contributed by atoms with Gasteiger partial charge in [0.1, 0.15) is 6.04 Å². The Morgan fingerprint density at radius 2 is 2.11 bits per heavy atom. The molecule has 0 saturated carbocycles. The Kier molecular flexibility index (Phi) is 4.94. The first-order valence-electron chi connectivity index (χ1n) is 5.98. The first-order chi connectivity index (χ1) is 8.71. The summed E-state index contributed by atoms with van der Waals surface area (Å²) in [5, 5.41) is 13.7. The summed E-state index contributed by atoms with van der Waals surface area (Å²) < 4.78 is 0. The lowest BCUT2D eigenvalue weighted by atomic mass is 9.87. The van der Waals surface area contributed by atoms with E-state index in [-0.39, 0.29) is 6.03 Å². The van der Waals surface area contributed by atoms with Crippen LogP contribution < -0.4 is 5.32 Å². The minimum absolute atomic E-state index is 0.379. The van der Waals surface area contributed by atoms with Crippen molar-refractivity contribution >= 4 is 23.3 Å². The molecule has 6 heteroatoms. The fraction of sp³-hybridized carbons (Fsp3) is 0.538. The van der Waals surface area contributed by atoms with Crippen molar-refractivity contribution < 1.29 is 14.7 Å². The Hall–Kier alpha value is -1.56. The van der Waals surface area contributed by atoms with Gasteiger partial charge in [0.25, 0.3) is 0 Å². The SMILES string of the molecule is CN(Cc1cccs1)C(=O)NC(C(=O)O)C(C)(C)C. The molecule has 1 unspecified atom stereocenters. The summed E-state index contributed by atoms with van der Waals surface area (Å²) in [6.45, 7) is 5.82. The summed E-state index contributed by atoms with van der Waals surface area (Å²) in [6, 6.07) is 2.56. The topological polar surface area (TPSA) is 69.6 Å². The van der Waals surface area contributed by atoms with Crippen molar-refractivity contribution in [2.45, 2.75) is 33.4 Å². The van der Waals surface area contributed by atoms with Crippen LogP contribution in [0.2, 0.25) is 0 Å². The van der Waals surface area contributed by atoms with Crippen molar-refractivity contribution in [3.63, 3.8) is 0 Å². The molecule has 1 aromatic heterocycles. The smallest absolute Gasteiger partial charge is 0.326 e. The molecule has 1 aromatic rings. The van der Waals surface area contributed by atoms with Crippen molar-refractivity contribution in [3.8, 4) is 0 Å². The number of amides is 2. The predicted molar refractivity (Wildman–Crippen MR) is 75.2 cm³/mol. The molecule has 0 aliphatic carbocycles. The van der Waals surface area contributed by atoms with E-state index in [0.29, 0.717) is 6.54 Å². The fourth-order valence-corrected chi connectivity index (χ4v) is 2.35. The molecule has 106 valence electrons. The molecule has 0 radical (unpaired) electrons. The van der Waals surface area contributed by atoms with Crippen LogP contribution in [0.1, 0.15) is 25.6 Å². The van der Waals surface area contributed by atoms with Crippen LogP contribution in [0, 0.1) is 5.41 Å². The molecule has 0 fully saturated rings. The van der Waals surface area contributed by atoms with E-state index in [0.717, 1.165) is 4.88 Å². The van der Waals surface area contributed by atoms with Crippen molar-refractivity contribution in [2.24, 2.45) is 5.41 Å². The summed E-state index contributed by atoms with van der Waals surface area (Å²) in [6.07, 6.45) is 0. The van der Waals surface area contributed by atoms with E-state index in [1.807, 2.05) is 17.5 Å². The Balaban J connectivity index is 2.64. The predicted octanol–water partition coefficient (Wildman–Crippen LogP) is 2.39. The third-order valence-corrected chi connectivity index (χ3v) is 3.56. The highest BCUT2D eigenvalue weighted by atomic mass is 32.1. The highest BCUT2D eigenvalue weighted by molar-refractivity contribution is 7.09. The number of rotatable bonds is 4. The lowest BCUT2D eigenvalue weighted by molar-refractivity contribution is -0.142. The monoisotopic (exact) mass is 284 g/mol. The molecule has 2 N–H and O–H groups in total. The largest absolute Gasteiger partial charge is 0.480 e. The third kappa shape index (κ3) is 4.55. The zero-order valence-electron chi connectivity index (χ0n) is 11.6. The van der Waals surface area contributed by atoms with Gasteiger partial charge >= 0.3 is 12.0 Å². The van der Waals surface area contributed by atoms with E-state index in [9.17, 15) is 9.59 Å². The Bertz CT molecular complexity index is 437. The molecule has 19 heavy (non-hydrogen) atoms. The quantitative estimate of drug-likeness (QED) is 0.892. The molecule has 0 spiro atoms. The highest BCUT2D eigenvalue weighted by Crippen LogP contribution is 2.20. The zero-order valence-corrected chi connectivity index (χ0v) is 12.5. The molecule has 1 atom stereocenters. The van der Waals surface area contributed by atoms with Gasteiger partial charge in [-0.05, 0) is 16.9 Å². The van der Waals surface area contributed by atoms with Crippen LogP contribution >= 0.6 is 11.3 Å². The number of carboxylic acids is 1. The number of aliphatic carboxylic acids is 1. The van der Waals surface area contributed by atoms with Crippen LogP contribution in [0.5, 0.6) is 0 Å². The maximum atomic E-state index is 12.0. The number of hydrogen-bond donors (Lipinski definition) is 2. The van der Waals surface area contributed by atoms with E-state index < -0.39 is 17.4 Å². The molecular weight excluding hydrogens is 264 g/mol. The summed E-state index contributed by atoms with van der Waals surface area (Å²) in [5.41, 5.74) is -0.536. The number of hydrogen-bond acceptors (Lipinski definition) is 3. The molecular formula is C13H20N2O3S. The number of nitrogens with one attached hydrogen (secondary N) is 1. The zero-order chi connectivity index (χ0) is 14.6. The van der Waals surface area contributed by atoms with Crippen LogP contribution in [0.4, 0.5) is 4.79 Å². The van der Waals surface area contributed by atoms with Gasteiger partial charge in [-0.25, -0.2) is 9.59 Å². The van der Waals surface area contributed by atoms with E-state index >= 15 is 0 Å². The number of nitrogens with zero attached hydrogens (tertiary/aromatic N) is 1.